The van der Waals surface area contributed by atoms with E-state index in [0.29, 0.717) is 17.7 Å². The van der Waals surface area contributed by atoms with Crippen LogP contribution in [0.25, 0.3) is 0 Å². The van der Waals surface area contributed by atoms with Crippen molar-refractivity contribution in [2.75, 3.05) is 7.11 Å². The van der Waals surface area contributed by atoms with Crippen LogP contribution < -0.4 is 4.74 Å². The molecular formula is C10H11BrO2. The van der Waals surface area contributed by atoms with Crippen molar-refractivity contribution < 1.29 is 9.53 Å². The summed E-state index contributed by atoms with van der Waals surface area (Å²) in [5.41, 5.74) is 0.682. The molecule has 70 valence electrons. The number of carbonyl (C=O) groups excluding carboxylic acids is 1. The van der Waals surface area contributed by atoms with E-state index in [1.54, 1.807) is 13.2 Å². The van der Waals surface area contributed by atoms with Crippen molar-refractivity contribution in [1.82, 2.24) is 0 Å². The molecule has 0 aromatic heterocycles. The molecule has 2 nitrogen and oxygen atoms in total. The third-order valence-corrected chi connectivity index (χ3v) is 2.62. The van der Waals surface area contributed by atoms with Crippen LogP contribution in [0.5, 0.6) is 5.75 Å². The van der Waals surface area contributed by atoms with Gasteiger partial charge in [-0.25, -0.2) is 0 Å². The van der Waals surface area contributed by atoms with E-state index >= 15 is 0 Å². The van der Waals surface area contributed by atoms with E-state index in [1.165, 1.54) is 0 Å². The van der Waals surface area contributed by atoms with Crippen molar-refractivity contribution in [1.29, 1.82) is 0 Å². The number of Topliss-reactive ketones (excluding diaryl/α,β-unsaturated/α-hetero) is 1. The van der Waals surface area contributed by atoms with E-state index in [-0.39, 0.29) is 5.78 Å². The lowest BCUT2D eigenvalue weighted by atomic mass is 10.1. The van der Waals surface area contributed by atoms with Gasteiger partial charge in [0, 0.05) is 12.0 Å². The third kappa shape index (κ3) is 2.10. The highest BCUT2D eigenvalue weighted by atomic mass is 79.9. The van der Waals surface area contributed by atoms with Gasteiger partial charge >= 0.3 is 0 Å². The molecule has 3 heteroatoms. The molecule has 1 aromatic carbocycles. The zero-order valence-electron chi connectivity index (χ0n) is 7.63. The Kier molecular flexibility index (Phi) is 3.48. The van der Waals surface area contributed by atoms with Gasteiger partial charge in [-0.15, -0.1) is 0 Å². The summed E-state index contributed by atoms with van der Waals surface area (Å²) < 4.78 is 5.82. The summed E-state index contributed by atoms with van der Waals surface area (Å²) in [4.78, 5) is 11.4. The number of ether oxygens (including phenoxy) is 1. The van der Waals surface area contributed by atoms with Gasteiger partial charge in [-0.05, 0) is 28.1 Å². The van der Waals surface area contributed by atoms with Gasteiger partial charge in [0.1, 0.15) is 5.75 Å². The first-order chi connectivity index (χ1) is 6.20. The highest BCUT2D eigenvalue weighted by Gasteiger charge is 2.10. The predicted molar refractivity (Wildman–Crippen MR) is 55.3 cm³/mol. The Hall–Kier alpha value is -0.830. The molecule has 1 aromatic rings. The lowest BCUT2D eigenvalue weighted by Gasteiger charge is -2.06. The first kappa shape index (κ1) is 10.3. The minimum absolute atomic E-state index is 0.116. The normalized spacial score (nSPS) is 9.77. The number of hydrogen-bond acceptors (Lipinski definition) is 2. The van der Waals surface area contributed by atoms with E-state index in [9.17, 15) is 4.79 Å². The van der Waals surface area contributed by atoms with Crippen LogP contribution in [0.15, 0.2) is 22.7 Å². The lowest BCUT2D eigenvalue weighted by molar-refractivity contribution is 0.0987. The van der Waals surface area contributed by atoms with Crippen molar-refractivity contribution >= 4 is 21.7 Å². The second-order valence-corrected chi connectivity index (χ2v) is 3.39. The van der Waals surface area contributed by atoms with Gasteiger partial charge in [0.15, 0.2) is 5.78 Å². The van der Waals surface area contributed by atoms with Crippen molar-refractivity contribution in [3.63, 3.8) is 0 Å². The van der Waals surface area contributed by atoms with Crippen LogP contribution in [0.1, 0.15) is 23.7 Å². The smallest absolute Gasteiger partial charge is 0.163 e. The fraction of sp³-hybridized carbons (Fsp3) is 0.300. The van der Waals surface area contributed by atoms with Gasteiger partial charge in [0.05, 0.1) is 11.6 Å². The van der Waals surface area contributed by atoms with Crippen molar-refractivity contribution in [3.8, 4) is 5.75 Å². The number of carbonyl (C=O) groups is 1. The number of hydrogen-bond donors (Lipinski definition) is 0. The fourth-order valence-corrected chi connectivity index (χ4v) is 1.72. The van der Waals surface area contributed by atoms with Gasteiger partial charge in [0.25, 0.3) is 0 Å². The monoisotopic (exact) mass is 242 g/mol. The van der Waals surface area contributed by atoms with Gasteiger partial charge in [-0.2, -0.15) is 0 Å². The molecule has 0 amide bonds. The van der Waals surface area contributed by atoms with E-state index in [2.05, 4.69) is 15.9 Å². The molecule has 0 radical (unpaired) electrons. The molecular weight excluding hydrogens is 232 g/mol. The number of ketones is 1. The summed E-state index contributed by atoms with van der Waals surface area (Å²) in [7, 11) is 1.58. The van der Waals surface area contributed by atoms with Gasteiger partial charge in [0.2, 0.25) is 0 Å². The second kappa shape index (κ2) is 4.42. The van der Waals surface area contributed by atoms with Crippen molar-refractivity contribution in [2.24, 2.45) is 0 Å². The summed E-state index contributed by atoms with van der Waals surface area (Å²) in [6.07, 6.45) is 0.506. The second-order valence-electron chi connectivity index (χ2n) is 2.60. The van der Waals surface area contributed by atoms with Crippen LogP contribution in [0.4, 0.5) is 0 Å². The quantitative estimate of drug-likeness (QED) is 0.762. The van der Waals surface area contributed by atoms with E-state index in [4.69, 9.17) is 4.74 Å². The van der Waals surface area contributed by atoms with E-state index in [0.717, 1.165) is 4.47 Å². The van der Waals surface area contributed by atoms with Crippen LogP contribution in [0, 0.1) is 0 Å². The summed E-state index contributed by atoms with van der Waals surface area (Å²) >= 11 is 3.34. The molecule has 0 atom stereocenters. The molecule has 0 N–H and O–H groups in total. The van der Waals surface area contributed by atoms with Gasteiger partial charge in [-0.3, -0.25) is 4.79 Å². The Balaban J connectivity index is 3.15. The Morgan fingerprint density at radius 1 is 1.54 bits per heavy atom. The Morgan fingerprint density at radius 2 is 2.23 bits per heavy atom. The maximum absolute atomic E-state index is 11.4. The van der Waals surface area contributed by atoms with Crippen LogP contribution in [-0.4, -0.2) is 12.9 Å². The molecule has 0 fully saturated rings. The summed E-state index contributed by atoms with van der Waals surface area (Å²) in [6, 6.07) is 5.42. The van der Waals surface area contributed by atoms with Crippen LogP contribution in [0.3, 0.4) is 0 Å². The number of methoxy groups -OCH3 is 1. The molecule has 0 spiro atoms. The molecule has 0 heterocycles. The SMILES string of the molecule is CCC(=O)c1cccc(OC)c1Br. The zero-order valence-corrected chi connectivity index (χ0v) is 9.22. The van der Waals surface area contributed by atoms with Crippen LogP contribution in [0.2, 0.25) is 0 Å². The maximum Gasteiger partial charge on any atom is 0.163 e. The van der Waals surface area contributed by atoms with Gasteiger partial charge in [-0.1, -0.05) is 13.0 Å². The summed E-state index contributed by atoms with van der Waals surface area (Å²) in [5, 5.41) is 0. The molecule has 0 aliphatic carbocycles. The highest BCUT2D eigenvalue weighted by molar-refractivity contribution is 9.10. The van der Waals surface area contributed by atoms with E-state index < -0.39 is 0 Å². The maximum atomic E-state index is 11.4. The molecule has 0 aliphatic rings. The van der Waals surface area contributed by atoms with Gasteiger partial charge < -0.3 is 4.74 Å². The average molecular weight is 243 g/mol. The average Bonchev–Trinajstić information content (AvgIpc) is 2.17. The minimum Gasteiger partial charge on any atom is -0.496 e. The largest absolute Gasteiger partial charge is 0.496 e. The Bertz CT molecular complexity index is 321. The van der Waals surface area contributed by atoms with Crippen molar-refractivity contribution in [3.05, 3.63) is 28.2 Å². The Morgan fingerprint density at radius 3 is 2.77 bits per heavy atom. The molecule has 0 bridgehead atoms. The number of halogens is 1. The molecule has 0 aliphatic heterocycles. The number of rotatable bonds is 3. The van der Waals surface area contributed by atoms with Crippen LogP contribution >= 0.6 is 15.9 Å². The lowest BCUT2D eigenvalue weighted by Crippen LogP contribution is -1.98. The molecule has 0 saturated carbocycles. The molecule has 1 rings (SSSR count). The minimum atomic E-state index is 0.116. The zero-order chi connectivity index (χ0) is 9.84. The third-order valence-electron chi connectivity index (χ3n) is 1.80. The predicted octanol–water partition coefficient (Wildman–Crippen LogP) is 3.05. The number of benzene rings is 1. The standard InChI is InChI=1S/C10H11BrO2/c1-3-8(12)7-5-4-6-9(13-2)10(7)11/h4-6H,3H2,1-2H3. The summed E-state index contributed by atoms with van der Waals surface area (Å²) in [5.74, 6) is 0.810. The first-order valence-electron chi connectivity index (χ1n) is 4.06. The van der Waals surface area contributed by atoms with Crippen molar-refractivity contribution in [2.45, 2.75) is 13.3 Å². The van der Waals surface area contributed by atoms with Crippen LogP contribution in [-0.2, 0) is 0 Å². The molecule has 13 heavy (non-hydrogen) atoms. The van der Waals surface area contributed by atoms with E-state index in [1.807, 2.05) is 19.1 Å². The molecule has 0 saturated heterocycles. The fourth-order valence-electron chi connectivity index (χ4n) is 1.07. The summed E-state index contributed by atoms with van der Waals surface area (Å²) in [6.45, 7) is 1.84. The topological polar surface area (TPSA) is 26.3 Å². The Labute approximate surface area is 86.0 Å². The highest BCUT2D eigenvalue weighted by Crippen LogP contribution is 2.28. The first-order valence-corrected chi connectivity index (χ1v) is 4.85. The molecule has 0 unspecified atom stereocenters.